The molecule has 0 aliphatic carbocycles. The third kappa shape index (κ3) is 3.49. The fourth-order valence-corrected chi connectivity index (χ4v) is 3.14. The third-order valence-electron chi connectivity index (χ3n) is 4.34. The quantitative estimate of drug-likeness (QED) is 0.921. The van der Waals surface area contributed by atoms with E-state index in [4.69, 9.17) is 9.47 Å². The Morgan fingerprint density at radius 1 is 1.09 bits per heavy atom. The van der Waals surface area contributed by atoms with E-state index in [1.807, 2.05) is 30.3 Å². The van der Waals surface area contributed by atoms with Crippen molar-refractivity contribution in [1.82, 2.24) is 4.90 Å². The van der Waals surface area contributed by atoms with Crippen molar-refractivity contribution in [2.75, 3.05) is 27.3 Å². The molecule has 122 valence electrons. The smallest absolute Gasteiger partial charge is 0.161 e. The van der Waals surface area contributed by atoms with Crippen molar-refractivity contribution in [3.05, 3.63) is 48.0 Å². The maximum atomic E-state index is 9.76. The van der Waals surface area contributed by atoms with Crippen LogP contribution in [0.5, 0.6) is 11.5 Å². The summed E-state index contributed by atoms with van der Waals surface area (Å²) in [6.45, 7) is 2.44. The van der Waals surface area contributed by atoms with Crippen LogP contribution in [0.3, 0.4) is 0 Å². The number of hydrogen-bond donors (Lipinski definition) is 1. The Labute approximate surface area is 137 Å². The minimum Gasteiger partial charge on any atom is -0.493 e. The van der Waals surface area contributed by atoms with E-state index in [1.165, 1.54) is 5.56 Å². The van der Waals surface area contributed by atoms with Gasteiger partial charge in [-0.1, -0.05) is 30.3 Å². The van der Waals surface area contributed by atoms with Gasteiger partial charge in [0, 0.05) is 19.6 Å². The standard InChI is InChI=1S/C19H23NO3/c1-22-18-10-15(12-20-9-8-16(21)13-20)17(11-19(18)23-2)14-6-4-3-5-7-14/h3-7,10-11,16,21H,8-9,12-13H2,1-2H3/t16-/m1/s1. The van der Waals surface area contributed by atoms with Gasteiger partial charge in [-0.15, -0.1) is 0 Å². The zero-order chi connectivity index (χ0) is 16.2. The summed E-state index contributed by atoms with van der Waals surface area (Å²) in [4.78, 5) is 2.28. The summed E-state index contributed by atoms with van der Waals surface area (Å²) in [5.74, 6) is 1.47. The van der Waals surface area contributed by atoms with E-state index in [1.54, 1.807) is 14.2 Å². The number of rotatable bonds is 5. The van der Waals surface area contributed by atoms with Crippen molar-refractivity contribution in [1.29, 1.82) is 0 Å². The monoisotopic (exact) mass is 313 g/mol. The second kappa shape index (κ2) is 7.02. The van der Waals surface area contributed by atoms with Crippen LogP contribution in [0.4, 0.5) is 0 Å². The first-order valence-electron chi connectivity index (χ1n) is 7.92. The fraction of sp³-hybridized carbons (Fsp3) is 0.368. The van der Waals surface area contributed by atoms with Crippen LogP contribution in [0, 0.1) is 0 Å². The normalized spacial score (nSPS) is 18.1. The molecular formula is C19H23NO3. The first-order valence-corrected chi connectivity index (χ1v) is 7.92. The number of benzene rings is 2. The molecule has 1 heterocycles. The maximum Gasteiger partial charge on any atom is 0.161 e. The zero-order valence-electron chi connectivity index (χ0n) is 13.7. The molecule has 1 aliphatic heterocycles. The van der Waals surface area contributed by atoms with E-state index >= 15 is 0 Å². The molecule has 1 saturated heterocycles. The highest BCUT2D eigenvalue weighted by atomic mass is 16.5. The van der Waals surface area contributed by atoms with E-state index in [-0.39, 0.29) is 6.10 Å². The Balaban J connectivity index is 2.00. The van der Waals surface area contributed by atoms with Gasteiger partial charge in [-0.25, -0.2) is 0 Å². The molecule has 0 aromatic heterocycles. The summed E-state index contributed by atoms with van der Waals surface area (Å²) in [6, 6.07) is 14.4. The third-order valence-corrected chi connectivity index (χ3v) is 4.34. The molecule has 4 heteroatoms. The van der Waals surface area contributed by atoms with Gasteiger partial charge in [0.25, 0.3) is 0 Å². The highest BCUT2D eigenvalue weighted by molar-refractivity contribution is 5.71. The van der Waals surface area contributed by atoms with Crippen LogP contribution in [0.1, 0.15) is 12.0 Å². The molecular weight excluding hydrogens is 290 g/mol. The van der Waals surface area contributed by atoms with Gasteiger partial charge in [0.1, 0.15) is 0 Å². The topological polar surface area (TPSA) is 41.9 Å². The highest BCUT2D eigenvalue weighted by Crippen LogP contribution is 2.36. The van der Waals surface area contributed by atoms with Crippen LogP contribution in [0.25, 0.3) is 11.1 Å². The van der Waals surface area contributed by atoms with Gasteiger partial charge in [-0.05, 0) is 35.2 Å². The summed E-state index contributed by atoms with van der Waals surface area (Å²) in [5.41, 5.74) is 3.48. The molecule has 2 aromatic carbocycles. The molecule has 3 rings (SSSR count). The SMILES string of the molecule is COc1cc(CN2CC[C@@H](O)C2)c(-c2ccccc2)cc1OC. The van der Waals surface area contributed by atoms with Crippen molar-refractivity contribution >= 4 is 0 Å². The molecule has 4 nitrogen and oxygen atoms in total. The van der Waals surface area contributed by atoms with Crippen molar-refractivity contribution in [2.45, 2.75) is 19.1 Å². The molecule has 0 unspecified atom stereocenters. The van der Waals surface area contributed by atoms with Crippen LogP contribution >= 0.6 is 0 Å². The zero-order valence-corrected chi connectivity index (χ0v) is 13.7. The van der Waals surface area contributed by atoms with Gasteiger partial charge < -0.3 is 14.6 Å². The Morgan fingerprint density at radius 2 is 1.78 bits per heavy atom. The van der Waals surface area contributed by atoms with E-state index in [9.17, 15) is 5.11 Å². The number of β-amino-alcohol motifs (C(OH)–C–C–N with tert-alkyl or cyclic N) is 1. The second-order valence-electron chi connectivity index (χ2n) is 5.91. The Bertz CT molecular complexity index is 657. The van der Waals surface area contributed by atoms with Crippen LogP contribution in [0.2, 0.25) is 0 Å². The number of aliphatic hydroxyl groups excluding tert-OH is 1. The molecule has 0 spiro atoms. The highest BCUT2D eigenvalue weighted by Gasteiger charge is 2.22. The van der Waals surface area contributed by atoms with Gasteiger partial charge in [0.15, 0.2) is 11.5 Å². The number of methoxy groups -OCH3 is 2. The first-order chi connectivity index (χ1) is 11.2. The molecule has 23 heavy (non-hydrogen) atoms. The number of nitrogens with zero attached hydrogens (tertiary/aromatic N) is 1. The number of aliphatic hydroxyl groups is 1. The summed E-state index contributed by atoms with van der Waals surface area (Å²) in [5, 5.41) is 9.76. The average Bonchev–Trinajstić information content (AvgIpc) is 3.00. The molecule has 1 fully saturated rings. The minimum absolute atomic E-state index is 0.213. The van der Waals surface area contributed by atoms with Gasteiger partial charge >= 0.3 is 0 Å². The maximum absolute atomic E-state index is 9.76. The molecule has 0 amide bonds. The summed E-state index contributed by atoms with van der Waals surface area (Å²) in [7, 11) is 3.31. The van der Waals surface area contributed by atoms with Crippen molar-refractivity contribution in [3.63, 3.8) is 0 Å². The number of likely N-dealkylation sites (tertiary alicyclic amines) is 1. The lowest BCUT2D eigenvalue weighted by atomic mass is 9.98. The lowest BCUT2D eigenvalue weighted by molar-refractivity contribution is 0.175. The molecule has 2 aromatic rings. The molecule has 1 N–H and O–H groups in total. The summed E-state index contributed by atoms with van der Waals surface area (Å²) in [6.07, 6.45) is 0.629. The fourth-order valence-electron chi connectivity index (χ4n) is 3.14. The van der Waals surface area contributed by atoms with Crippen molar-refractivity contribution in [2.24, 2.45) is 0 Å². The van der Waals surface area contributed by atoms with Crippen molar-refractivity contribution in [3.8, 4) is 22.6 Å². The second-order valence-corrected chi connectivity index (χ2v) is 5.91. The van der Waals surface area contributed by atoms with Gasteiger partial charge in [-0.2, -0.15) is 0 Å². The minimum atomic E-state index is -0.213. The summed E-state index contributed by atoms with van der Waals surface area (Å²) >= 11 is 0. The van der Waals surface area contributed by atoms with Crippen LogP contribution < -0.4 is 9.47 Å². The van der Waals surface area contributed by atoms with Crippen LogP contribution in [-0.2, 0) is 6.54 Å². The first kappa shape index (κ1) is 15.8. The molecule has 0 radical (unpaired) electrons. The molecule has 0 bridgehead atoms. The van der Waals surface area contributed by atoms with Crippen LogP contribution in [-0.4, -0.2) is 43.4 Å². The Hall–Kier alpha value is -2.04. The molecule has 1 aliphatic rings. The predicted molar refractivity (Wildman–Crippen MR) is 90.9 cm³/mol. The van der Waals surface area contributed by atoms with Crippen LogP contribution in [0.15, 0.2) is 42.5 Å². The number of ether oxygens (including phenoxy) is 2. The van der Waals surface area contributed by atoms with E-state index in [0.29, 0.717) is 0 Å². The van der Waals surface area contributed by atoms with Crippen molar-refractivity contribution < 1.29 is 14.6 Å². The van der Waals surface area contributed by atoms with E-state index in [0.717, 1.165) is 48.7 Å². The molecule has 1 atom stereocenters. The number of hydrogen-bond acceptors (Lipinski definition) is 4. The van der Waals surface area contributed by atoms with E-state index < -0.39 is 0 Å². The lowest BCUT2D eigenvalue weighted by Gasteiger charge is -2.20. The lowest BCUT2D eigenvalue weighted by Crippen LogP contribution is -2.21. The van der Waals surface area contributed by atoms with Gasteiger partial charge in [0.05, 0.1) is 20.3 Å². The average molecular weight is 313 g/mol. The van der Waals surface area contributed by atoms with Gasteiger partial charge in [-0.3, -0.25) is 4.90 Å². The Morgan fingerprint density at radius 3 is 2.39 bits per heavy atom. The largest absolute Gasteiger partial charge is 0.493 e. The van der Waals surface area contributed by atoms with Gasteiger partial charge in [0.2, 0.25) is 0 Å². The molecule has 0 saturated carbocycles. The Kier molecular flexibility index (Phi) is 4.84. The summed E-state index contributed by atoms with van der Waals surface area (Å²) < 4.78 is 10.9. The predicted octanol–water partition coefficient (Wildman–Crippen LogP) is 2.94. The van der Waals surface area contributed by atoms with E-state index in [2.05, 4.69) is 17.0 Å².